The first kappa shape index (κ1) is 28.1. The highest BCUT2D eigenvalue weighted by Gasteiger charge is 2.24. The molecule has 1 aromatic rings. The second-order valence-electron chi connectivity index (χ2n) is 11.3. The van der Waals surface area contributed by atoms with Crippen LogP contribution in [0.25, 0.3) is 0 Å². The third-order valence-corrected chi connectivity index (χ3v) is 8.53. The topological polar surface area (TPSA) is 0 Å². The van der Waals surface area contributed by atoms with Crippen molar-refractivity contribution in [2.24, 2.45) is 11.8 Å². The van der Waals surface area contributed by atoms with E-state index in [1.54, 1.807) is 12.1 Å². The summed E-state index contributed by atoms with van der Waals surface area (Å²) in [7, 11) is 0. The molecule has 1 saturated carbocycles. The van der Waals surface area contributed by atoms with Crippen LogP contribution in [0.5, 0.6) is 0 Å². The monoisotopic (exact) mass is 484 g/mol. The third kappa shape index (κ3) is 9.18. The largest absolute Gasteiger partial charge is 0.207 e. The van der Waals surface area contributed by atoms with Gasteiger partial charge < -0.3 is 0 Å². The summed E-state index contributed by atoms with van der Waals surface area (Å²) >= 11 is 0. The number of unbranched alkanes of at least 4 members (excludes halogenated alkanes) is 9. The normalized spacial score (nSPS) is 22.4. The molecule has 2 aliphatic rings. The summed E-state index contributed by atoms with van der Waals surface area (Å²) in [5, 5.41) is 0. The van der Waals surface area contributed by atoms with Crippen molar-refractivity contribution >= 4 is 0 Å². The number of halogens is 2. The van der Waals surface area contributed by atoms with Gasteiger partial charge in [0.2, 0.25) is 0 Å². The SMILES string of the molecule is CCCCCCCCCCC1CCC(C2=CCC(c3cc(F)c(CCCCC)c(F)c3)C=C2)CC1. The molecule has 0 aliphatic heterocycles. The molecule has 0 amide bonds. The van der Waals surface area contributed by atoms with Crippen LogP contribution in [0.4, 0.5) is 8.78 Å². The Bertz CT molecular complexity index is 774. The quantitative estimate of drug-likeness (QED) is 0.217. The lowest BCUT2D eigenvalue weighted by Gasteiger charge is -2.31. The molecule has 0 spiro atoms. The van der Waals surface area contributed by atoms with E-state index in [1.165, 1.54) is 89.0 Å². The molecule has 1 unspecified atom stereocenters. The highest BCUT2D eigenvalue weighted by molar-refractivity contribution is 5.36. The average molecular weight is 485 g/mol. The van der Waals surface area contributed by atoms with E-state index in [4.69, 9.17) is 0 Å². The Kier molecular flexibility index (Phi) is 12.6. The Morgan fingerprint density at radius 1 is 0.743 bits per heavy atom. The average Bonchev–Trinajstić information content (AvgIpc) is 2.88. The first-order valence-electron chi connectivity index (χ1n) is 15.0. The lowest BCUT2D eigenvalue weighted by molar-refractivity contribution is 0.282. The molecule has 1 atom stereocenters. The molecule has 0 heterocycles. The minimum absolute atomic E-state index is 0.0887. The number of rotatable bonds is 15. The van der Waals surface area contributed by atoms with Gasteiger partial charge in [-0.25, -0.2) is 8.78 Å². The van der Waals surface area contributed by atoms with Gasteiger partial charge in [-0.2, -0.15) is 0 Å². The van der Waals surface area contributed by atoms with E-state index in [2.05, 4.69) is 32.1 Å². The highest BCUT2D eigenvalue weighted by Crippen LogP contribution is 2.39. The Morgan fingerprint density at radius 3 is 1.94 bits per heavy atom. The van der Waals surface area contributed by atoms with Crippen molar-refractivity contribution in [3.05, 3.63) is 58.7 Å². The molecule has 196 valence electrons. The maximum atomic E-state index is 14.6. The van der Waals surface area contributed by atoms with Crippen LogP contribution in [-0.4, -0.2) is 0 Å². The summed E-state index contributed by atoms with van der Waals surface area (Å²) in [6.45, 7) is 4.39. The van der Waals surface area contributed by atoms with Gasteiger partial charge in [0.1, 0.15) is 11.6 Å². The van der Waals surface area contributed by atoms with E-state index in [0.29, 0.717) is 12.3 Å². The molecule has 3 rings (SSSR count). The molecule has 0 aromatic heterocycles. The molecule has 0 bridgehead atoms. The van der Waals surface area contributed by atoms with Gasteiger partial charge in [-0.15, -0.1) is 0 Å². The van der Waals surface area contributed by atoms with Crippen LogP contribution < -0.4 is 0 Å². The fraction of sp³-hybridized carbons (Fsp3) is 0.697. The van der Waals surface area contributed by atoms with Crippen LogP contribution in [0, 0.1) is 23.5 Å². The van der Waals surface area contributed by atoms with E-state index in [9.17, 15) is 8.78 Å². The molecule has 0 nitrogen and oxygen atoms in total. The molecular weight excluding hydrogens is 434 g/mol. The van der Waals surface area contributed by atoms with Gasteiger partial charge in [0, 0.05) is 11.5 Å². The van der Waals surface area contributed by atoms with E-state index < -0.39 is 0 Å². The molecule has 35 heavy (non-hydrogen) atoms. The van der Waals surface area contributed by atoms with Gasteiger partial charge in [0.15, 0.2) is 0 Å². The molecular formula is C33H50F2. The van der Waals surface area contributed by atoms with E-state index in [-0.39, 0.29) is 23.1 Å². The van der Waals surface area contributed by atoms with Gasteiger partial charge in [-0.1, -0.05) is 103 Å². The summed E-state index contributed by atoms with van der Waals surface area (Å²) in [5.74, 6) is 0.958. The molecule has 2 aliphatic carbocycles. The highest BCUT2D eigenvalue weighted by atomic mass is 19.1. The minimum atomic E-state index is -0.367. The molecule has 2 heteroatoms. The second-order valence-corrected chi connectivity index (χ2v) is 11.3. The number of allylic oxidation sites excluding steroid dienone is 4. The maximum Gasteiger partial charge on any atom is 0.129 e. The fourth-order valence-electron chi connectivity index (χ4n) is 6.17. The Labute approximate surface area is 214 Å². The van der Waals surface area contributed by atoms with Crippen molar-refractivity contribution in [1.82, 2.24) is 0 Å². The lowest BCUT2D eigenvalue weighted by Crippen LogP contribution is -2.17. The first-order chi connectivity index (χ1) is 17.1. The predicted octanol–water partition coefficient (Wildman–Crippen LogP) is 11.0. The van der Waals surface area contributed by atoms with Crippen molar-refractivity contribution in [1.29, 1.82) is 0 Å². The minimum Gasteiger partial charge on any atom is -0.207 e. The number of benzene rings is 1. The van der Waals surface area contributed by atoms with Crippen LogP contribution in [-0.2, 0) is 6.42 Å². The fourth-order valence-corrected chi connectivity index (χ4v) is 6.17. The van der Waals surface area contributed by atoms with Crippen molar-refractivity contribution in [2.45, 2.75) is 135 Å². The van der Waals surface area contributed by atoms with Crippen molar-refractivity contribution < 1.29 is 8.78 Å². The van der Waals surface area contributed by atoms with Crippen LogP contribution in [0.1, 0.15) is 140 Å². The Hall–Kier alpha value is -1.44. The van der Waals surface area contributed by atoms with Gasteiger partial charge in [-0.3, -0.25) is 0 Å². The standard InChI is InChI=1S/C33H50F2/c1-3-5-7-8-9-10-11-13-14-26-16-18-27(19-17-26)28-20-22-29(23-21-28)30-24-32(34)31(33(35)25-30)15-12-6-4-2/h20-22,24-27,29H,3-19,23H2,1-2H3. The molecule has 1 aromatic carbocycles. The summed E-state index contributed by atoms with van der Waals surface area (Å²) in [5.41, 5.74) is 2.51. The molecule has 0 radical (unpaired) electrons. The van der Waals surface area contributed by atoms with Gasteiger partial charge in [0.25, 0.3) is 0 Å². The van der Waals surface area contributed by atoms with Crippen molar-refractivity contribution in [3.63, 3.8) is 0 Å². The maximum absolute atomic E-state index is 14.6. The molecule has 1 fully saturated rings. The van der Waals surface area contributed by atoms with E-state index in [0.717, 1.165) is 37.2 Å². The van der Waals surface area contributed by atoms with Crippen molar-refractivity contribution in [2.75, 3.05) is 0 Å². The Balaban J connectivity index is 1.38. The summed E-state index contributed by atoms with van der Waals surface area (Å²) in [4.78, 5) is 0. The van der Waals surface area contributed by atoms with Crippen LogP contribution in [0.3, 0.4) is 0 Å². The van der Waals surface area contributed by atoms with E-state index >= 15 is 0 Å². The third-order valence-electron chi connectivity index (χ3n) is 8.53. The summed E-state index contributed by atoms with van der Waals surface area (Å²) in [6, 6.07) is 3.16. The zero-order valence-corrected chi connectivity index (χ0v) is 22.6. The van der Waals surface area contributed by atoms with E-state index in [1.807, 2.05) is 0 Å². The number of hydrogen-bond donors (Lipinski definition) is 0. The second kappa shape index (κ2) is 15.6. The van der Waals surface area contributed by atoms with Crippen LogP contribution in [0.15, 0.2) is 35.9 Å². The van der Waals surface area contributed by atoms with Crippen LogP contribution in [0.2, 0.25) is 0 Å². The summed E-state index contributed by atoms with van der Waals surface area (Å²) in [6.07, 6.45) is 29.1. The predicted molar refractivity (Wildman–Crippen MR) is 147 cm³/mol. The van der Waals surface area contributed by atoms with Gasteiger partial charge in [-0.05, 0) is 80.1 Å². The molecule has 0 N–H and O–H groups in total. The molecule has 0 saturated heterocycles. The smallest absolute Gasteiger partial charge is 0.129 e. The lowest BCUT2D eigenvalue weighted by atomic mass is 9.75. The van der Waals surface area contributed by atoms with Crippen molar-refractivity contribution in [3.8, 4) is 0 Å². The Morgan fingerprint density at radius 2 is 1.34 bits per heavy atom. The first-order valence-corrected chi connectivity index (χ1v) is 15.0. The van der Waals surface area contributed by atoms with Gasteiger partial charge in [0.05, 0.1) is 0 Å². The summed E-state index contributed by atoms with van der Waals surface area (Å²) < 4.78 is 29.2. The zero-order chi connectivity index (χ0) is 24.9. The van der Waals surface area contributed by atoms with Crippen LogP contribution >= 0.6 is 0 Å². The van der Waals surface area contributed by atoms with Gasteiger partial charge >= 0.3 is 0 Å². The zero-order valence-electron chi connectivity index (χ0n) is 22.6. The number of hydrogen-bond acceptors (Lipinski definition) is 0.